The number of amides is 5. The number of piperidine rings is 1. The van der Waals surface area contributed by atoms with Crippen molar-refractivity contribution in [2.75, 3.05) is 13.1 Å². The first-order valence-corrected chi connectivity index (χ1v) is 16.0. The molecule has 1 aliphatic carbocycles. The third-order valence-electron chi connectivity index (χ3n) is 8.82. The number of nitrogens with one attached hydrogen (secondary N) is 4. The molecule has 1 aromatic rings. The van der Waals surface area contributed by atoms with Gasteiger partial charge in [0.25, 0.3) is 5.91 Å². The third kappa shape index (κ3) is 7.39. The molecule has 44 heavy (non-hydrogen) atoms. The van der Waals surface area contributed by atoms with Crippen molar-refractivity contribution < 1.29 is 28.8 Å². The number of carbonyl (C=O) groups is 6. The van der Waals surface area contributed by atoms with Gasteiger partial charge in [-0.3, -0.25) is 24.0 Å². The number of Topliss-reactive ketones (excluding diaryl/α,β-unsaturated/α-hetero) is 2. The first-order valence-electron chi connectivity index (χ1n) is 15.2. The molecule has 0 bridgehead atoms. The Balaban J connectivity index is 1.81. The van der Waals surface area contributed by atoms with E-state index in [-0.39, 0.29) is 41.9 Å². The summed E-state index contributed by atoms with van der Waals surface area (Å²) < 4.78 is 0. The molecule has 0 radical (unpaired) electrons. The van der Waals surface area contributed by atoms with Crippen LogP contribution in [0.2, 0.25) is 0 Å². The molecular formula is C32H47N5O6S. The van der Waals surface area contributed by atoms with Gasteiger partial charge in [-0.1, -0.05) is 67.5 Å². The van der Waals surface area contributed by atoms with Gasteiger partial charge >= 0.3 is 6.03 Å². The van der Waals surface area contributed by atoms with Crippen molar-refractivity contribution >= 4 is 46.7 Å². The van der Waals surface area contributed by atoms with Gasteiger partial charge in [0, 0.05) is 13.1 Å². The predicted octanol–water partition coefficient (Wildman–Crippen LogP) is 2.92. The molecule has 1 aromatic heterocycles. The second-order valence-electron chi connectivity index (χ2n) is 13.7. The van der Waals surface area contributed by atoms with Crippen molar-refractivity contribution in [2.24, 2.45) is 28.6 Å². The highest BCUT2D eigenvalue weighted by Gasteiger charge is 2.69. The van der Waals surface area contributed by atoms with Gasteiger partial charge in [-0.2, -0.15) is 0 Å². The molecule has 12 heteroatoms. The largest absolute Gasteiger partial charge is 0.346 e. The lowest BCUT2D eigenvalue weighted by molar-refractivity contribution is -0.145. The fraction of sp³-hybridized carbons (Fsp3) is 0.625. The number of rotatable bonds is 13. The van der Waals surface area contributed by atoms with Crippen LogP contribution in [-0.2, 0) is 19.2 Å². The van der Waals surface area contributed by atoms with Crippen LogP contribution in [0.25, 0.3) is 0 Å². The van der Waals surface area contributed by atoms with E-state index in [1.54, 1.807) is 24.4 Å². The second kappa shape index (κ2) is 13.6. The summed E-state index contributed by atoms with van der Waals surface area (Å²) in [4.78, 5) is 81.4. The first kappa shape index (κ1) is 34.9. The standard InChI is InChI=1S/C32H47N5O6S/c1-10-14-33-28(41)24(38)19(11-2)34-27(40)23-21-18(32(21,8)9)16-37(23)29(42)26(31(5,6)7)36-30(43)35-22(17(3)4)25(39)20-13-12-15-44-20/h10,12-13,15,17-19,21-23,26H,1,11,14,16H2,2-9H3,(H,33,41)(H,34,40)(H2,35,36,43)/t18-,19?,21-,22-,23-,26+/m0/s1. The predicted molar refractivity (Wildman–Crippen MR) is 169 cm³/mol. The Kier molecular flexibility index (Phi) is 10.8. The number of thiophene rings is 1. The molecule has 5 amide bonds. The topological polar surface area (TPSA) is 154 Å². The van der Waals surface area contributed by atoms with Gasteiger partial charge in [-0.25, -0.2) is 4.79 Å². The fourth-order valence-corrected chi connectivity index (χ4v) is 6.77. The van der Waals surface area contributed by atoms with E-state index in [0.717, 1.165) is 0 Å². The molecule has 242 valence electrons. The highest BCUT2D eigenvalue weighted by atomic mass is 32.1. The second-order valence-corrected chi connectivity index (χ2v) is 14.6. The maximum atomic E-state index is 14.2. The van der Waals surface area contributed by atoms with Gasteiger partial charge in [-0.15, -0.1) is 17.9 Å². The molecular weight excluding hydrogens is 582 g/mol. The van der Waals surface area contributed by atoms with Crippen LogP contribution in [0, 0.1) is 28.6 Å². The van der Waals surface area contributed by atoms with Crippen molar-refractivity contribution in [1.82, 2.24) is 26.2 Å². The van der Waals surface area contributed by atoms with Crippen LogP contribution in [-0.4, -0.2) is 77.5 Å². The van der Waals surface area contributed by atoms with E-state index in [1.165, 1.54) is 22.3 Å². The number of likely N-dealkylation sites (tertiary alicyclic amines) is 1. The van der Waals surface area contributed by atoms with Crippen molar-refractivity contribution in [2.45, 2.75) is 86.0 Å². The Hall–Kier alpha value is -3.54. The molecule has 4 N–H and O–H groups in total. The summed E-state index contributed by atoms with van der Waals surface area (Å²) >= 11 is 1.30. The summed E-state index contributed by atoms with van der Waals surface area (Å²) in [5.74, 6) is -3.01. The van der Waals surface area contributed by atoms with Crippen molar-refractivity contribution in [3.05, 3.63) is 35.0 Å². The minimum Gasteiger partial charge on any atom is -0.346 e. The van der Waals surface area contributed by atoms with Crippen LogP contribution in [0.4, 0.5) is 4.79 Å². The summed E-state index contributed by atoms with van der Waals surface area (Å²) in [6, 6.07) is -0.921. The molecule has 1 unspecified atom stereocenters. The minimum absolute atomic E-state index is 0.0667. The Labute approximate surface area is 264 Å². The lowest BCUT2D eigenvalue weighted by Gasteiger charge is -2.38. The maximum Gasteiger partial charge on any atom is 0.316 e. The molecule has 6 atom stereocenters. The molecule has 2 fully saturated rings. The van der Waals surface area contributed by atoms with Crippen LogP contribution in [0.3, 0.4) is 0 Å². The lowest BCUT2D eigenvalue weighted by Crippen LogP contribution is -2.62. The van der Waals surface area contributed by atoms with Crippen LogP contribution < -0.4 is 21.3 Å². The molecule has 1 saturated heterocycles. The average molecular weight is 630 g/mol. The van der Waals surface area contributed by atoms with E-state index < -0.39 is 59.1 Å². The van der Waals surface area contributed by atoms with Gasteiger partial charge in [0.15, 0.2) is 5.78 Å². The zero-order valence-corrected chi connectivity index (χ0v) is 27.8. The van der Waals surface area contributed by atoms with E-state index in [9.17, 15) is 28.8 Å². The Morgan fingerprint density at radius 2 is 1.77 bits per heavy atom. The van der Waals surface area contributed by atoms with E-state index >= 15 is 0 Å². The van der Waals surface area contributed by atoms with Crippen molar-refractivity contribution in [3.63, 3.8) is 0 Å². The molecule has 3 rings (SSSR count). The summed E-state index contributed by atoms with van der Waals surface area (Å²) in [6.07, 6.45) is 1.64. The smallest absolute Gasteiger partial charge is 0.316 e. The molecule has 2 aliphatic rings. The van der Waals surface area contributed by atoms with Crippen molar-refractivity contribution in [3.8, 4) is 0 Å². The number of carbonyl (C=O) groups excluding carboxylic acids is 6. The van der Waals surface area contributed by atoms with E-state index in [0.29, 0.717) is 11.4 Å². The van der Waals surface area contributed by atoms with Gasteiger partial charge in [0.05, 0.1) is 17.0 Å². The van der Waals surface area contributed by atoms with Gasteiger partial charge in [-0.05, 0) is 46.5 Å². The highest BCUT2D eigenvalue weighted by Crippen LogP contribution is 2.65. The number of hydrogen-bond acceptors (Lipinski definition) is 7. The average Bonchev–Trinajstić information content (AvgIpc) is 3.41. The van der Waals surface area contributed by atoms with Crippen LogP contribution >= 0.6 is 11.3 Å². The highest BCUT2D eigenvalue weighted by molar-refractivity contribution is 7.12. The molecule has 0 aromatic carbocycles. The summed E-state index contributed by atoms with van der Waals surface area (Å²) in [7, 11) is 0. The summed E-state index contributed by atoms with van der Waals surface area (Å²) in [5.41, 5.74) is -0.936. The van der Waals surface area contributed by atoms with Crippen LogP contribution in [0.1, 0.15) is 71.5 Å². The van der Waals surface area contributed by atoms with Crippen LogP contribution in [0.15, 0.2) is 30.2 Å². The number of ketones is 2. The molecule has 1 aliphatic heterocycles. The normalized spacial score (nSPS) is 22.2. The van der Waals surface area contributed by atoms with Crippen LogP contribution in [0.5, 0.6) is 0 Å². The quantitative estimate of drug-likeness (QED) is 0.150. The van der Waals surface area contributed by atoms with Gasteiger partial charge < -0.3 is 26.2 Å². The zero-order chi connectivity index (χ0) is 33.1. The minimum atomic E-state index is -1.05. The van der Waals surface area contributed by atoms with Crippen molar-refractivity contribution in [1.29, 1.82) is 0 Å². The Morgan fingerprint density at radius 1 is 1.11 bits per heavy atom. The number of urea groups is 1. The van der Waals surface area contributed by atoms with Gasteiger partial charge in [0.1, 0.15) is 12.1 Å². The maximum absolute atomic E-state index is 14.2. The monoisotopic (exact) mass is 629 g/mol. The SMILES string of the molecule is C=CCNC(=O)C(=O)C(CC)NC(=O)[C@@H]1[C@@H]2[C@H](CN1C(=O)[C@@H](NC(=O)N[C@H](C(=O)c1cccs1)C(C)C)C(C)(C)C)C2(C)C. The summed E-state index contributed by atoms with van der Waals surface area (Å²) in [5, 5.41) is 12.5. The third-order valence-corrected chi connectivity index (χ3v) is 9.70. The van der Waals surface area contributed by atoms with Gasteiger partial charge in [0.2, 0.25) is 17.6 Å². The number of nitrogens with zero attached hydrogens (tertiary/aromatic N) is 1. The van der Waals surface area contributed by atoms with E-state index in [1.807, 2.05) is 48.5 Å². The molecule has 11 nitrogen and oxygen atoms in total. The molecule has 2 heterocycles. The Morgan fingerprint density at radius 3 is 2.30 bits per heavy atom. The number of fused-ring (bicyclic) bond motifs is 1. The summed E-state index contributed by atoms with van der Waals surface area (Å²) in [6.45, 7) is 18.8. The zero-order valence-electron chi connectivity index (χ0n) is 27.0. The molecule has 0 spiro atoms. The Bertz CT molecular complexity index is 1280. The molecule has 1 saturated carbocycles. The first-order chi connectivity index (χ1) is 20.5. The number of hydrogen-bond donors (Lipinski definition) is 4. The van der Waals surface area contributed by atoms with E-state index in [2.05, 4.69) is 27.8 Å². The van der Waals surface area contributed by atoms with E-state index in [4.69, 9.17) is 0 Å². The fourth-order valence-electron chi connectivity index (χ4n) is 6.07. The lowest BCUT2D eigenvalue weighted by atomic mass is 9.85.